The molecule has 1 amide bonds. The smallest absolute Gasteiger partial charge is 0.286 e. The lowest BCUT2D eigenvalue weighted by Gasteiger charge is -2.39. The molecule has 1 heterocycles. The van der Waals surface area contributed by atoms with E-state index in [0.717, 1.165) is 24.3 Å². The van der Waals surface area contributed by atoms with Gasteiger partial charge in [-0.3, -0.25) is 4.79 Å². The first-order valence-corrected chi connectivity index (χ1v) is 8.32. The Morgan fingerprint density at radius 2 is 1.90 bits per heavy atom. The van der Waals surface area contributed by atoms with Gasteiger partial charge in [0.2, 0.25) is 0 Å². The number of halogens is 1. The molecule has 1 saturated heterocycles. The minimum Gasteiger partial charge on any atom is -0.330 e. The second kappa shape index (κ2) is 5.01. The second-order valence-corrected chi connectivity index (χ2v) is 8.69. The van der Waals surface area contributed by atoms with E-state index in [-0.39, 0.29) is 16.5 Å². The lowest BCUT2D eigenvalue weighted by Crippen LogP contribution is -2.36. The lowest BCUT2D eigenvalue weighted by atomic mass is 9.65. The first kappa shape index (κ1) is 14.9. The third-order valence-electron chi connectivity index (χ3n) is 4.67. The Kier molecular flexibility index (Phi) is 3.55. The number of benzene rings is 1. The van der Waals surface area contributed by atoms with E-state index < -0.39 is 0 Å². The first-order chi connectivity index (χ1) is 9.76. The largest absolute Gasteiger partial charge is 0.330 e. The molecule has 2 atom stereocenters. The van der Waals surface area contributed by atoms with E-state index in [1.54, 1.807) is 12.1 Å². The molecule has 4 heteroatoms. The number of likely N-dealkylation sites (tertiary alicyclic amines) is 1. The summed E-state index contributed by atoms with van der Waals surface area (Å²) in [6.07, 6.45) is 3.38. The van der Waals surface area contributed by atoms with E-state index in [1.807, 2.05) is 4.90 Å². The molecule has 1 aliphatic heterocycles. The SMILES string of the molecule is CC1(C)CC2CC(C)(CN2C(=O)Sc2ccc(F)cc2)C1. The van der Waals surface area contributed by atoms with Gasteiger partial charge >= 0.3 is 0 Å². The van der Waals surface area contributed by atoms with Gasteiger partial charge in [-0.15, -0.1) is 0 Å². The van der Waals surface area contributed by atoms with Gasteiger partial charge in [0.1, 0.15) is 5.82 Å². The normalized spacial score (nSPS) is 30.5. The number of rotatable bonds is 1. The van der Waals surface area contributed by atoms with E-state index in [9.17, 15) is 9.18 Å². The third-order valence-corrected chi connectivity index (χ3v) is 5.59. The van der Waals surface area contributed by atoms with Crippen LogP contribution in [0.2, 0.25) is 0 Å². The van der Waals surface area contributed by atoms with E-state index in [1.165, 1.54) is 30.3 Å². The van der Waals surface area contributed by atoms with Gasteiger partial charge < -0.3 is 4.90 Å². The maximum absolute atomic E-state index is 12.9. The van der Waals surface area contributed by atoms with Gasteiger partial charge in [0.05, 0.1) is 0 Å². The van der Waals surface area contributed by atoms with E-state index in [0.29, 0.717) is 11.5 Å². The van der Waals surface area contributed by atoms with Crippen molar-refractivity contribution in [2.45, 2.75) is 51.0 Å². The number of fused-ring (bicyclic) bond motifs is 2. The predicted octanol–water partition coefficient (Wildman–Crippen LogP) is 4.94. The van der Waals surface area contributed by atoms with E-state index in [2.05, 4.69) is 20.8 Å². The molecule has 1 aliphatic carbocycles. The Morgan fingerprint density at radius 1 is 1.24 bits per heavy atom. The molecule has 1 aromatic rings. The molecule has 0 N–H and O–H groups in total. The van der Waals surface area contributed by atoms with Crippen LogP contribution in [0.25, 0.3) is 0 Å². The number of carbonyl (C=O) groups excluding carboxylic acids is 1. The van der Waals surface area contributed by atoms with Crippen molar-refractivity contribution in [3.8, 4) is 0 Å². The molecular weight excluding hydrogens is 285 g/mol. The summed E-state index contributed by atoms with van der Waals surface area (Å²) in [5.74, 6) is -0.266. The highest BCUT2D eigenvalue weighted by Crippen LogP contribution is 2.53. The molecule has 0 aromatic heterocycles. The van der Waals surface area contributed by atoms with Crippen molar-refractivity contribution in [2.24, 2.45) is 10.8 Å². The average molecular weight is 307 g/mol. The third kappa shape index (κ3) is 3.10. The summed E-state index contributed by atoms with van der Waals surface area (Å²) < 4.78 is 12.9. The molecular formula is C17H22FNOS. The summed E-state index contributed by atoms with van der Waals surface area (Å²) in [7, 11) is 0. The molecule has 21 heavy (non-hydrogen) atoms. The van der Waals surface area contributed by atoms with Crippen molar-refractivity contribution >= 4 is 17.0 Å². The van der Waals surface area contributed by atoms with Crippen molar-refractivity contribution in [2.75, 3.05) is 6.54 Å². The van der Waals surface area contributed by atoms with Crippen LogP contribution in [0.5, 0.6) is 0 Å². The molecule has 2 unspecified atom stereocenters. The predicted molar refractivity (Wildman–Crippen MR) is 83.9 cm³/mol. The molecule has 2 bridgehead atoms. The Labute approximate surface area is 130 Å². The van der Waals surface area contributed by atoms with Crippen LogP contribution in [-0.4, -0.2) is 22.7 Å². The Hall–Kier alpha value is -1.03. The van der Waals surface area contributed by atoms with Gasteiger partial charge in [-0.05, 0) is 66.1 Å². The number of amides is 1. The van der Waals surface area contributed by atoms with Gasteiger partial charge in [-0.2, -0.15) is 0 Å². The second-order valence-electron chi connectivity index (χ2n) is 7.66. The quantitative estimate of drug-likeness (QED) is 0.685. The molecule has 114 valence electrons. The number of nitrogens with zero attached hydrogens (tertiary/aromatic N) is 1. The monoisotopic (exact) mass is 307 g/mol. The van der Waals surface area contributed by atoms with Gasteiger partial charge in [0.15, 0.2) is 0 Å². The number of hydrogen-bond acceptors (Lipinski definition) is 2. The summed E-state index contributed by atoms with van der Waals surface area (Å²) in [5, 5.41) is 0.105. The summed E-state index contributed by atoms with van der Waals surface area (Å²) in [6.45, 7) is 7.77. The summed E-state index contributed by atoms with van der Waals surface area (Å²) in [4.78, 5) is 15.4. The highest BCUT2D eigenvalue weighted by Gasteiger charge is 2.50. The highest BCUT2D eigenvalue weighted by atomic mass is 32.2. The fourth-order valence-corrected chi connectivity index (χ4v) is 5.14. The minimum atomic E-state index is -0.266. The van der Waals surface area contributed by atoms with Crippen LogP contribution in [0.1, 0.15) is 40.0 Å². The first-order valence-electron chi connectivity index (χ1n) is 7.51. The number of thioether (sulfide) groups is 1. The van der Waals surface area contributed by atoms with Crippen LogP contribution in [0.15, 0.2) is 29.2 Å². The standard InChI is InChI=1S/C17H22FNOS/c1-16(2)8-13-9-17(3,10-16)11-19(13)15(20)21-14-6-4-12(18)5-7-14/h4-7,13H,8-11H2,1-3H3. The van der Waals surface area contributed by atoms with Crippen molar-refractivity contribution in [1.29, 1.82) is 0 Å². The zero-order valence-electron chi connectivity index (χ0n) is 12.9. The molecule has 1 saturated carbocycles. The Morgan fingerprint density at radius 3 is 2.57 bits per heavy atom. The van der Waals surface area contributed by atoms with Crippen molar-refractivity contribution in [1.82, 2.24) is 4.90 Å². The van der Waals surface area contributed by atoms with Gasteiger partial charge in [0.25, 0.3) is 5.24 Å². The molecule has 2 fully saturated rings. The van der Waals surface area contributed by atoms with Crippen LogP contribution < -0.4 is 0 Å². The topological polar surface area (TPSA) is 20.3 Å². The fourth-order valence-electron chi connectivity index (χ4n) is 4.34. The van der Waals surface area contributed by atoms with Crippen LogP contribution in [0, 0.1) is 16.6 Å². The van der Waals surface area contributed by atoms with Crippen LogP contribution >= 0.6 is 11.8 Å². The highest BCUT2D eigenvalue weighted by molar-refractivity contribution is 8.13. The summed E-state index contributed by atoms with van der Waals surface area (Å²) in [5.41, 5.74) is 0.568. The van der Waals surface area contributed by atoms with E-state index >= 15 is 0 Å². The molecule has 1 aromatic carbocycles. The number of hydrogen-bond donors (Lipinski definition) is 0. The molecule has 0 radical (unpaired) electrons. The molecule has 2 aliphatic rings. The average Bonchev–Trinajstić information content (AvgIpc) is 2.61. The molecule has 0 spiro atoms. The van der Waals surface area contributed by atoms with Crippen LogP contribution in [-0.2, 0) is 0 Å². The zero-order valence-corrected chi connectivity index (χ0v) is 13.7. The van der Waals surface area contributed by atoms with Crippen LogP contribution in [0.3, 0.4) is 0 Å². The Balaban J connectivity index is 1.73. The van der Waals surface area contributed by atoms with Crippen LogP contribution in [0.4, 0.5) is 9.18 Å². The molecule has 2 nitrogen and oxygen atoms in total. The number of carbonyl (C=O) groups is 1. The fraction of sp³-hybridized carbons (Fsp3) is 0.588. The Bertz CT molecular complexity index is 556. The van der Waals surface area contributed by atoms with Gasteiger partial charge in [-0.25, -0.2) is 4.39 Å². The van der Waals surface area contributed by atoms with Crippen molar-refractivity contribution in [3.05, 3.63) is 30.1 Å². The maximum Gasteiger partial charge on any atom is 0.286 e. The van der Waals surface area contributed by atoms with E-state index in [4.69, 9.17) is 0 Å². The summed E-state index contributed by atoms with van der Waals surface area (Å²) in [6, 6.07) is 6.52. The van der Waals surface area contributed by atoms with Crippen molar-refractivity contribution < 1.29 is 9.18 Å². The van der Waals surface area contributed by atoms with Crippen molar-refractivity contribution in [3.63, 3.8) is 0 Å². The lowest BCUT2D eigenvalue weighted by molar-refractivity contribution is 0.131. The van der Waals surface area contributed by atoms with Gasteiger partial charge in [-0.1, -0.05) is 20.8 Å². The maximum atomic E-state index is 12.9. The minimum absolute atomic E-state index is 0.105. The van der Waals surface area contributed by atoms with Gasteiger partial charge in [0, 0.05) is 17.5 Å². The molecule has 3 rings (SSSR count). The summed E-state index contributed by atoms with van der Waals surface area (Å²) >= 11 is 1.22. The zero-order chi connectivity index (χ0) is 15.3.